The molecule has 18 heavy (non-hydrogen) atoms. The van der Waals surface area contributed by atoms with Crippen LogP contribution in [0.4, 0.5) is 0 Å². The lowest BCUT2D eigenvalue weighted by Gasteiger charge is -1.91. The number of thiazole rings is 1. The minimum absolute atomic E-state index is 0.542. The van der Waals surface area contributed by atoms with Crippen LogP contribution >= 0.6 is 34.5 Å². The first kappa shape index (κ1) is 10.6. The Bertz CT molecular complexity index is 909. The zero-order chi connectivity index (χ0) is 12.3. The zero-order valence-corrected chi connectivity index (χ0v) is 11.2. The lowest BCUT2D eigenvalue weighted by Crippen LogP contribution is -1.71. The first-order valence-electron chi connectivity index (χ1n) is 5.29. The highest BCUT2D eigenvalue weighted by molar-refractivity contribution is 7.22. The second-order valence-corrected chi connectivity index (χ2v) is 6.04. The molecule has 0 saturated heterocycles. The molecule has 2 heterocycles. The van der Waals surface area contributed by atoms with Crippen LogP contribution in [0.25, 0.3) is 32.2 Å². The highest BCUT2D eigenvalue weighted by atomic mass is 35.5. The van der Waals surface area contributed by atoms with Crippen LogP contribution in [-0.4, -0.2) is 4.98 Å². The van der Waals surface area contributed by atoms with Gasteiger partial charge in [-0.2, -0.15) is 0 Å². The van der Waals surface area contributed by atoms with Crippen molar-refractivity contribution in [3.63, 3.8) is 0 Å². The molecule has 0 bridgehead atoms. The van der Waals surface area contributed by atoms with E-state index in [0.717, 1.165) is 32.2 Å². The molecule has 88 valence electrons. The van der Waals surface area contributed by atoms with E-state index in [1.807, 2.05) is 30.3 Å². The van der Waals surface area contributed by atoms with E-state index in [2.05, 4.69) is 4.98 Å². The molecule has 0 radical (unpaired) electrons. The molecule has 2 aromatic carbocycles. The van der Waals surface area contributed by atoms with Crippen molar-refractivity contribution in [3.8, 4) is 0 Å². The average molecular weight is 294 g/mol. The molecule has 0 saturated carbocycles. The number of aromatic nitrogens is 1. The number of hydrogen-bond acceptors (Lipinski definition) is 3. The van der Waals surface area contributed by atoms with Gasteiger partial charge < -0.3 is 4.42 Å². The van der Waals surface area contributed by atoms with Gasteiger partial charge in [-0.3, -0.25) is 0 Å². The van der Waals surface area contributed by atoms with Gasteiger partial charge in [0.2, 0.25) is 0 Å². The van der Waals surface area contributed by atoms with Gasteiger partial charge in [-0.1, -0.05) is 23.2 Å². The fourth-order valence-corrected chi connectivity index (χ4v) is 3.39. The zero-order valence-electron chi connectivity index (χ0n) is 8.91. The number of fused-ring (bicyclic) bond motifs is 5. The molecular formula is C13H5Cl2NOS. The van der Waals surface area contributed by atoms with Crippen LogP contribution in [0.5, 0.6) is 0 Å². The smallest absolute Gasteiger partial charge is 0.184 e. The topological polar surface area (TPSA) is 26.0 Å². The summed E-state index contributed by atoms with van der Waals surface area (Å²) >= 11 is 13.4. The molecule has 2 aromatic heterocycles. The summed E-state index contributed by atoms with van der Waals surface area (Å²) in [4.78, 5) is 4.38. The van der Waals surface area contributed by atoms with E-state index in [4.69, 9.17) is 27.6 Å². The van der Waals surface area contributed by atoms with E-state index >= 15 is 0 Å². The molecule has 0 N–H and O–H groups in total. The van der Waals surface area contributed by atoms with E-state index in [-0.39, 0.29) is 0 Å². The number of hydrogen-bond donors (Lipinski definition) is 0. The molecule has 0 unspecified atom stereocenters. The summed E-state index contributed by atoms with van der Waals surface area (Å²) in [5.74, 6) is 0. The van der Waals surface area contributed by atoms with Crippen molar-refractivity contribution < 1.29 is 4.42 Å². The highest BCUT2D eigenvalue weighted by Crippen LogP contribution is 2.37. The minimum atomic E-state index is 0.542. The Morgan fingerprint density at radius 2 is 1.94 bits per heavy atom. The minimum Gasteiger partial charge on any atom is -0.456 e. The predicted molar refractivity (Wildman–Crippen MR) is 76.9 cm³/mol. The maximum Gasteiger partial charge on any atom is 0.184 e. The Kier molecular flexibility index (Phi) is 2.13. The van der Waals surface area contributed by atoms with Gasteiger partial charge in [0.1, 0.15) is 11.2 Å². The normalized spacial score (nSPS) is 11.9. The lowest BCUT2D eigenvalue weighted by molar-refractivity contribution is 0.669. The first-order chi connectivity index (χ1) is 8.72. The molecule has 0 aliphatic carbocycles. The molecule has 0 spiro atoms. The van der Waals surface area contributed by atoms with Crippen molar-refractivity contribution in [2.75, 3.05) is 0 Å². The van der Waals surface area contributed by atoms with Crippen LogP contribution in [0.3, 0.4) is 0 Å². The number of benzene rings is 2. The van der Waals surface area contributed by atoms with Crippen LogP contribution < -0.4 is 0 Å². The van der Waals surface area contributed by atoms with Crippen LogP contribution in [0.2, 0.25) is 9.49 Å². The third kappa shape index (κ3) is 1.38. The summed E-state index contributed by atoms with van der Waals surface area (Å²) in [6.45, 7) is 0. The number of halogens is 2. The standard InChI is InChI=1S/C13H5Cl2NOS/c14-6-1-2-7-9(5-6)17-8-3-4-10-12(11(7)8)16-13(15)18-10/h1-5H. The van der Waals surface area contributed by atoms with Crippen LogP contribution in [0.15, 0.2) is 34.7 Å². The third-order valence-corrected chi connectivity index (χ3v) is 4.29. The van der Waals surface area contributed by atoms with Gasteiger partial charge in [0.05, 0.1) is 15.6 Å². The maximum absolute atomic E-state index is 5.98. The van der Waals surface area contributed by atoms with Crippen LogP contribution in [0.1, 0.15) is 0 Å². The van der Waals surface area contributed by atoms with E-state index in [9.17, 15) is 0 Å². The van der Waals surface area contributed by atoms with Gasteiger partial charge in [0.15, 0.2) is 4.47 Å². The molecule has 0 amide bonds. The predicted octanol–water partition coefficient (Wildman–Crippen LogP) is 5.50. The summed E-state index contributed by atoms with van der Waals surface area (Å²) in [7, 11) is 0. The molecule has 4 aromatic rings. The molecule has 0 aliphatic rings. The van der Waals surface area contributed by atoms with Crippen molar-refractivity contribution in [3.05, 3.63) is 39.8 Å². The van der Waals surface area contributed by atoms with Gasteiger partial charge in [-0.15, -0.1) is 11.3 Å². The molecule has 0 fully saturated rings. The summed E-state index contributed by atoms with van der Waals surface area (Å²) in [6, 6.07) is 9.55. The Labute approximate surface area is 116 Å². The Morgan fingerprint density at radius 1 is 1.06 bits per heavy atom. The SMILES string of the molecule is Clc1ccc2c(c1)oc1ccc3sc(Cl)nc3c12. The summed E-state index contributed by atoms with van der Waals surface area (Å²) < 4.78 is 7.39. The second kappa shape index (κ2) is 3.60. The van der Waals surface area contributed by atoms with Gasteiger partial charge in [0.25, 0.3) is 0 Å². The highest BCUT2D eigenvalue weighted by Gasteiger charge is 2.13. The van der Waals surface area contributed by atoms with E-state index in [1.165, 1.54) is 11.3 Å². The van der Waals surface area contributed by atoms with Gasteiger partial charge in [-0.05, 0) is 24.3 Å². The fourth-order valence-electron chi connectivity index (χ4n) is 2.20. The lowest BCUT2D eigenvalue weighted by atomic mass is 10.1. The quantitative estimate of drug-likeness (QED) is 0.428. The molecule has 0 atom stereocenters. The second-order valence-electron chi connectivity index (χ2n) is 3.99. The van der Waals surface area contributed by atoms with Crippen LogP contribution in [-0.2, 0) is 0 Å². The first-order valence-corrected chi connectivity index (χ1v) is 6.86. The number of furan rings is 1. The fraction of sp³-hybridized carbons (Fsp3) is 0. The Balaban J connectivity index is 2.31. The molecule has 4 rings (SSSR count). The van der Waals surface area contributed by atoms with Crippen LogP contribution in [0, 0.1) is 0 Å². The molecular weight excluding hydrogens is 289 g/mol. The summed E-state index contributed by atoms with van der Waals surface area (Å²) in [5.41, 5.74) is 2.47. The molecule has 0 aliphatic heterocycles. The van der Waals surface area contributed by atoms with Crippen molar-refractivity contribution in [2.45, 2.75) is 0 Å². The van der Waals surface area contributed by atoms with Crippen molar-refractivity contribution in [1.29, 1.82) is 0 Å². The third-order valence-electron chi connectivity index (χ3n) is 2.93. The van der Waals surface area contributed by atoms with Gasteiger partial charge in [-0.25, -0.2) is 4.98 Å². The summed E-state index contributed by atoms with van der Waals surface area (Å²) in [6.07, 6.45) is 0. The molecule has 2 nitrogen and oxygen atoms in total. The van der Waals surface area contributed by atoms with Crippen molar-refractivity contribution >= 4 is 66.7 Å². The summed E-state index contributed by atoms with van der Waals surface area (Å²) in [5, 5.41) is 2.68. The van der Waals surface area contributed by atoms with Gasteiger partial charge in [0, 0.05) is 16.5 Å². The monoisotopic (exact) mass is 293 g/mol. The molecule has 5 heteroatoms. The van der Waals surface area contributed by atoms with Gasteiger partial charge >= 0.3 is 0 Å². The van der Waals surface area contributed by atoms with E-state index < -0.39 is 0 Å². The van der Waals surface area contributed by atoms with E-state index in [0.29, 0.717) is 9.49 Å². The van der Waals surface area contributed by atoms with Crippen molar-refractivity contribution in [2.24, 2.45) is 0 Å². The van der Waals surface area contributed by atoms with Crippen molar-refractivity contribution in [1.82, 2.24) is 4.98 Å². The maximum atomic E-state index is 5.98. The Hall–Kier alpha value is -1.29. The Morgan fingerprint density at radius 3 is 2.83 bits per heavy atom. The van der Waals surface area contributed by atoms with E-state index in [1.54, 1.807) is 0 Å². The average Bonchev–Trinajstić information content (AvgIpc) is 2.86. The number of nitrogens with zero attached hydrogens (tertiary/aromatic N) is 1. The largest absolute Gasteiger partial charge is 0.456 e. The number of rotatable bonds is 0.